The second-order valence-corrected chi connectivity index (χ2v) is 4.77. The van der Waals surface area contributed by atoms with Crippen molar-refractivity contribution in [2.45, 2.75) is 20.3 Å². The van der Waals surface area contributed by atoms with Gasteiger partial charge < -0.3 is 10.3 Å². The molecular formula is C14H18N2O. The van der Waals surface area contributed by atoms with E-state index in [1.165, 1.54) is 0 Å². The smallest absolute Gasteiger partial charge is 0.251 e. The maximum absolute atomic E-state index is 11.9. The summed E-state index contributed by atoms with van der Waals surface area (Å²) in [7, 11) is 1.87. The Hall–Kier alpha value is -1.77. The molecule has 0 saturated heterocycles. The Balaban J connectivity index is 2.54. The molecule has 0 unspecified atom stereocenters. The molecule has 0 saturated carbocycles. The summed E-state index contributed by atoms with van der Waals surface area (Å²) in [5.74, 6) is 0.491. The maximum atomic E-state index is 11.9. The molecule has 0 spiro atoms. The Bertz CT molecular complexity index is 584. The molecule has 0 aliphatic rings. The van der Waals surface area contributed by atoms with Crippen LogP contribution < -0.4 is 10.9 Å². The van der Waals surface area contributed by atoms with Gasteiger partial charge in [-0.15, -0.1) is 0 Å². The molecule has 0 aliphatic heterocycles. The van der Waals surface area contributed by atoms with Gasteiger partial charge in [-0.25, -0.2) is 0 Å². The zero-order chi connectivity index (χ0) is 12.4. The fraction of sp³-hybridized carbons (Fsp3) is 0.357. The minimum atomic E-state index is 0.0273. The zero-order valence-corrected chi connectivity index (χ0v) is 10.5. The maximum Gasteiger partial charge on any atom is 0.251 e. The van der Waals surface area contributed by atoms with E-state index in [1.807, 2.05) is 31.3 Å². The molecule has 90 valence electrons. The zero-order valence-electron chi connectivity index (χ0n) is 10.5. The first-order valence-electron chi connectivity index (χ1n) is 5.94. The number of nitrogens with one attached hydrogen (secondary N) is 2. The highest BCUT2D eigenvalue weighted by Crippen LogP contribution is 2.17. The fourth-order valence-corrected chi connectivity index (χ4v) is 1.99. The van der Waals surface area contributed by atoms with Crippen molar-refractivity contribution >= 4 is 16.6 Å². The van der Waals surface area contributed by atoms with Crippen LogP contribution in [-0.4, -0.2) is 12.0 Å². The Morgan fingerprint density at radius 1 is 1.29 bits per heavy atom. The average molecular weight is 230 g/mol. The van der Waals surface area contributed by atoms with Crippen molar-refractivity contribution in [3.63, 3.8) is 0 Å². The van der Waals surface area contributed by atoms with Crippen LogP contribution in [0.25, 0.3) is 10.9 Å². The number of rotatable bonds is 3. The molecule has 3 nitrogen and oxygen atoms in total. The van der Waals surface area contributed by atoms with Gasteiger partial charge in [-0.1, -0.05) is 19.9 Å². The summed E-state index contributed by atoms with van der Waals surface area (Å²) in [4.78, 5) is 14.8. The van der Waals surface area contributed by atoms with Gasteiger partial charge in [0.1, 0.15) is 0 Å². The SMILES string of the molecule is CNc1ccc2cc(CC(C)C)c(=O)[nH]c2c1. The molecule has 0 radical (unpaired) electrons. The minimum absolute atomic E-state index is 0.0273. The molecule has 2 aromatic rings. The molecule has 17 heavy (non-hydrogen) atoms. The number of H-pyrrole nitrogens is 1. The largest absolute Gasteiger partial charge is 0.388 e. The van der Waals surface area contributed by atoms with Crippen LogP contribution in [0.15, 0.2) is 29.1 Å². The molecule has 0 aliphatic carbocycles. The number of anilines is 1. The van der Waals surface area contributed by atoms with Gasteiger partial charge in [0.05, 0.1) is 5.52 Å². The lowest BCUT2D eigenvalue weighted by Gasteiger charge is -2.07. The van der Waals surface area contributed by atoms with Crippen LogP contribution in [0.3, 0.4) is 0 Å². The van der Waals surface area contributed by atoms with E-state index in [2.05, 4.69) is 24.1 Å². The van der Waals surface area contributed by atoms with Gasteiger partial charge >= 0.3 is 0 Å². The van der Waals surface area contributed by atoms with Gasteiger partial charge in [0, 0.05) is 18.3 Å². The minimum Gasteiger partial charge on any atom is -0.388 e. The van der Waals surface area contributed by atoms with E-state index >= 15 is 0 Å². The van der Waals surface area contributed by atoms with Gasteiger partial charge in [0.2, 0.25) is 0 Å². The predicted octanol–water partition coefficient (Wildman–Crippen LogP) is 2.77. The molecule has 0 atom stereocenters. The monoisotopic (exact) mass is 230 g/mol. The van der Waals surface area contributed by atoms with Gasteiger partial charge in [-0.2, -0.15) is 0 Å². The summed E-state index contributed by atoms with van der Waals surface area (Å²) in [5, 5.41) is 4.15. The number of hydrogen-bond donors (Lipinski definition) is 2. The van der Waals surface area contributed by atoms with E-state index in [1.54, 1.807) is 0 Å². The van der Waals surface area contributed by atoms with Gasteiger partial charge in [-0.05, 0) is 35.9 Å². The van der Waals surface area contributed by atoms with Crippen molar-refractivity contribution in [2.75, 3.05) is 12.4 Å². The summed E-state index contributed by atoms with van der Waals surface area (Å²) in [6.45, 7) is 4.24. The highest BCUT2D eigenvalue weighted by atomic mass is 16.1. The van der Waals surface area contributed by atoms with E-state index in [0.717, 1.165) is 28.6 Å². The molecule has 0 amide bonds. The van der Waals surface area contributed by atoms with Crippen molar-refractivity contribution in [3.8, 4) is 0 Å². The summed E-state index contributed by atoms with van der Waals surface area (Å²) in [5.41, 5.74) is 2.78. The molecule has 3 heteroatoms. The quantitative estimate of drug-likeness (QED) is 0.851. The predicted molar refractivity (Wildman–Crippen MR) is 72.7 cm³/mol. The third kappa shape index (κ3) is 2.49. The van der Waals surface area contributed by atoms with E-state index in [-0.39, 0.29) is 5.56 Å². The topological polar surface area (TPSA) is 44.9 Å². The number of pyridine rings is 1. The Morgan fingerprint density at radius 2 is 2.06 bits per heavy atom. The normalized spacial score (nSPS) is 11.1. The van der Waals surface area contributed by atoms with Gasteiger partial charge in [0.25, 0.3) is 5.56 Å². The van der Waals surface area contributed by atoms with Crippen molar-refractivity contribution in [1.29, 1.82) is 0 Å². The molecule has 1 aromatic heterocycles. The number of fused-ring (bicyclic) bond motifs is 1. The molecule has 0 bridgehead atoms. The lowest BCUT2D eigenvalue weighted by molar-refractivity contribution is 0.643. The van der Waals surface area contributed by atoms with Crippen molar-refractivity contribution < 1.29 is 0 Å². The van der Waals surface area contributed by atoms with Crippen molar-refractivity contribution in [1.82, 2.24) is 4.98 Å². The van der Waals surface area contributed by atoms with Crippen molar-refractivity contribution in [3.05, 3.63) is 40.2 Å². The summed E-state index contributed by atoms with van der Waals surface area (Å²) in [6.07, 6.45) is 0.819. The molecular weight excluding hydrogens is 212 g/mol. The van der Waals surface area contributed by atoms with Crippen LogP contribution >= 0.6 is 0 Å². The van der Waals surface area contributed by atoms with E-state index in [4.69, 9.17) is 0 Å². The Kier molecular flexibility index (Phi) is 3.18. The first-order chi connectivity index (χ1) is 8.10. The summed E-state index contributed by atoms with van der Waals surface area (Å²) in [6, 6.07) is 7.99. The lowest BCUT2D eigenvalue weighted by atomic mass is 10.0. The van der Waals surface area contributed by atoms with E-state index in [9.17, 15) is 4.79 Å². The van der Waals surface area contributed by atoms with E-state index < -0.39 is 0 Å². The van der Waals surface area contributed by atoms with Crippen molar-refractivity contribution in [2.24, 2.45) is 5.92 Å². The average Bonchev–Trinajstić information content (AvgIpc) is 2.29. The van der Waals surface area contributed by atoms with E-state index in [0.29, 0.717) is 5.92 Å². The second-order valence-electron chi connectivity index (χ2n) is 4.77. The van der Waals surface area contributed by atoms with Crippen LogP contribution in [0.2, 0.25) is 0 Å². The van der Waals surface area contributed by atoms with Crippen LogP contribution in [-0.2, 0) is 6.42 Å². The van der Waals surface area contributed by atoms with Crippen LogP contribution in [0.4, 0.5) is 5.69 Å². The highest BCUT2D eigenvalue weighted by molar-refractivity contribution is 5.82. The standard InChI is InChI=1S/C14H18N2O/c1-9(2)6-11-7-10-4-5-12(15-3)8-13(10)16-14(11)17/h4-5,7-9,15H,6H2,1-3H3,(H,16,17). The van der Waals surface area contributed by atoms with Gasteiger partial charge in [0.15, 0.2) is 0 Å². The lowest BCUT2D eigenvalue weighted by Crippen LogP contribution is -2.14. The van der Waals surface area contributed by atoms with Crippen LogP contribution in [0.1, 0.15) is 19.4 Å². The van der Waals surface area contributed by atoms with Crippen LogP contribution in [0.5, 0.6) is 0 Å². The second kappa shape index (κ2) is 4.62. The number of aromatic amines is 1. The van der Waals surface area contributed by atoms with Gasteiger partial charge in [-0.3, -0.25) is 4.79 Å². The number of hydrogen-bond acceptors (Lipinski definition) is 2. The molecule has 1 aromatic carbocycles. The Labute approximate surface area is 101 Å². The molecule has 0 fully saturated rings. The number of benzene rings is 1. The summed E-state index contributed by atoms with van der Waals surface area (Å²) < 4.78 is 0. The third-order valence-electron chi connectivity index (χ3n) is 2.84. The van der Waals surface area contributed by atoms with Crippen LogP contribution in [0, 0.1) is 5.92 Å². The first-order valence-corrected chi connectivity index (χ1v) is 5.94. The Morgan fingerprint density at radius 3 is 2.71 bits per heavy atom. The third-order valence-corrected chi connectivity index (χ3v) is 2.84. The fourth-order valence-electron chi connectivity index (χ4n) is 1.99. The highest BCUT2D eigenvalue weighted by Gasteiger charge is 2.05. The number of aromatic nitrogens is 1. The first kappa shape index (κ1) is 11.7. The summed E-state index contributed by atoms with van der Waals surface area (Å²) >= 11 is 0. The molecule has 2 N–H and O–H groups in total. The molecule has 2 rings (SSSR count). The molecule has 1 heterocycles.